The molecule has 0 radical (unpaired) electrons. The number of rotatable bonds is 3. The van der Waals surface area contributed by atoms with Crippen LogP contribution >= 0.6 is 11.6 Å². The predicted molar refractivity (Wildman–Crippen MR) is 87.5 cm³/mol. The third kappa shape index (κ3) is 4.11. The van der Waals surface area contributed by atoms with E-state index in [-0.39, 0.29) is 6.54 Å². The zero-order valence-electron chi connectivity index (χ0n) is 12.7. The van der Waals surface area contributed by atoms with Crippen LogP contribution in [0, 0.1) is 5.92 Å². The van der Waals surface area contributed by atoms with Crippen LogP contribution in [0.25, 0.3) is 0 Å². The smallest absolute Gasteiger partial charge is 0.191 e. The van der Waals surface area contributed by atoms with Crippen LogP contribution in [0.1, 0.15) is 32.3 Å². The average Bonchev–Trinajstić information content (AvgIpc) is 2.45. The number of benzene rings is 1. The van der Waals surface area contributed by atoms with Crippen molar-refractivity contribution >= 4 is 17.6 Å². The van der Waals surface area contributed by atoms with Crippen molar-refractivity contribution in [3.05, 3.63) is 34.9 Å². The second-order valence-electron chi connectivity index (χ2n) is 6.12. The van der Waals surface area contributed by atoms with Gasteiger partial charge in [-0.05, 0) is 31.7 Å². The number of halogens is 1. The lowest BCUT2D eigenvalue weighted by molar-refractivity contribution is 0.0670. The molecular weight excluding hydrogens is 286 g/mol. The SMILES string of the molecule is CC1CCCN(C(N)=NCC(C)(O)c2ccccc2Cl)C1. The van der Waals surface area contributed by atoms with Gasteiger partial charge in [0.25, 0.3) is 0 Å². The van der Waals surface area contributed by atoms with Crippen molar-refractivity contribution in [3.63, 3.8) is 0 Å². The van der Waals surface area contributed by atoms with Gasteiger partial charge in [-0.1, -0.05) is 36.7 Å². The van der Waals surface area contributed by atoms with Crippen molar-refractivity contribution < 1.29 is 5.11 Å². The third-order valence-electron chi connectivity index (χ3n) is 3.98. The summed E-state index contributed by atoms with van der Waals surface area (Å²) in [5.74, 6) is 1.14. The molecule has 2 atom stereocenters. The molecule has 1 aromatic rings. The van der Waals surface area contributed by atoms with E-state index in [2.05, 4.69) is 16.8 Å². The molecule has 0 amide bonds. The molecule has 2 rings (SSSR count). The van der Waals surface area contributed by atoms with Gasteiger partial charge in [0.15, 0.2) is 5.96 Å². The summed E-state index contributed by atoms with van der Waals surface area (Å²) in [7, 11) is 0. The summed E-state index contributed by atoms with van der Waals surface area (Å²) in [6.45, 7) is 6.01. The zero-order chi connectivity index (χ0) is 15.5. The summed E-state index contributed by atoms with van der Waals surface area (Å²) in [5.41, 5.74) is 5.62. The first-order chi connectivity index (χ1) is 9.90. The molecule has 0 aliphatic carbocycles. The summed E-state index contributed by atoms with van der Waals surface area (Å²) in [4.78, 5) is 6.48. The van der Waals surface area contributed by atoms with Gasteiger partial charge in [-0.3, -0.25) is 0 Å². The van der Waals surface area contributed by atoms with Gasteiger partial charge in [-0.2, -0.15) is 0 Å². The number of piperidine rings is 1. The highest BCUT2D eigenvalue weighted by atomic mass is 35.5. The molecular formula is C16H24ClN3O. The van der Waals surface area contributed by atoms with Crippen LogP contribution in [-0.4, -0.2) is 35.6 Å². The molecule has 1 saturated heterocycles. The Labute approximate surface area is 131 Å². The fourth-order valence-electron chi connectivity index (χ4n) is 2.72. The van der Waals surface area contributed by atoms with Gasteiger partial charge in [0.05, 0.1) is 6.54 Å². The standard InChI is InChI=1S/C16H24ClN3O/c1-12-6-5-9-20(10-12)15(18)19-11-16(2,21)13-7-3-4-8-14(13)17/h3-4,7-8,12,21H,5-6,9-11H2,1-2H3,(H2,18,19). The van der Waals surface area contributed by atoms with Crippen molar-refractivity contribution in [2.24, 2.45) is 16.6 Å². The molecule has 21 heavy (non-hydrogen) atoms. The first kappa shape index (κ1) is 16.1. The maximum absolute atomic E-state index is 10.6. The molecule has 116 valence electrons. The summed E-state index contributed by atoms with van der Waals surface area (Å²) < 4.78 is 0. The number of nitrogens with two attached hydrogens (primary N) is 1. The van der Waals surface area contributed by atoms with Crippen LogP contribution in [-0.2, 0) is 5.60 Å². The Bertz CT molecular complexity index is 516. The molecule has 0 saturated carbocycles. The van der Waals surface area contributed by atoms with Crippen LogP contribution in [0.15, 0.2) is 29.3 Å². The minimum Gasteiger partial charge on any atom is -0.383 e. The number of likely N-dealkylation sites (tertiary alicyclic amines) is 1. The van der Waals surface area contributed by atoms with E-state index in [1.807, 2.05) is 18.2 Å². The maximum atomic E-state index is 10.6. The Kier molecular flexibility index (Phi) is 5.12. The van der Waals surface area contributed by atoms with Gasteiger partial charge in [-0.15, -0.1) is 0 Å². The Balaban J connectivity index is 2.06. The molecule has 2 unspecified atom stereocenters. The number of guanidine groups is 1. The zero-order valence-corrected chi connectivity index (χ0v) is 13.5. The summed E-state index contributed by atoms with van der Waals surface area (Å²) >= 11 is 6.14. The van der Waals surface area contributed by atoms with E-state index in [1.54, 1.807) is 13.0 Å². The Morgan fingerprint density at radius 2 is 2.24 bits per heavy atom. The molecule has 3 N–H and O–H groups in total. The Morgan fingerprint density at radius 1 is 1.52 bits per heavy atom. The molecule has 1 aliphatic rings. The van der Waals surface area contributed by atoms with Crippen LogP contribution in [0.5, 0.6) is 0 Å². The van der Waals surface area contributed by atoms with Crippen molar-refractivity contribution in [3.8, 4) is 0 Å². The number of aliphatic imine (C=N–C) groups is 1. The quantitative estimate of drug-likeness (QED) is 0.666. The molecule has 1 heterocycles. The van der Waals surface area contributed by atoms with Crippen molar-refractivity contribution in [2.75, 3.05) is 19.6 Å². The highest BCUT2D eigenvalue weighted by Gasteiger charge is 2.26. The van der Waals surface area contributed by atoms with Crippen molar-refractivity contribution in [1.82, 2.24) is 4.90 Å². The summed E-state index contributed by atoms with van der Waals surface area (Å²) in [6.07, 6.45) is 2.37. The molecule has 0 spiro atoms. The fraction of sp³-hybridized carbons (Fsp3) is 0.562. The molecule has 5 heteroatoms. The second kappa shape index (κ2) is 6.67. The molecule has 1 fully saturated rings. The Morgan fingerprint density at radius 3 is 2.90 bits per heavy atom. The van der Waals surface area contributed by atoms with E-state index in [1.165, 1.54) is 6.42 Å². The van der Waals surface area contributed by atoms with Crippen LogP contribution < -0.4 is 5.73 Å². The lowest BCUT2D eigenvalue weighted by Crippen LogP contribution is -2.44. The highest BCUT2D eigenvalue weighted by Crippen LogP contribution is 2.28. The van der Waals surface area contributed by atoms with E-state index in [0.717, 1.165) is 19.5 Å². The first-order valence-corrected chi connectivity index (χ1v) is 7.80. The maximum Gasteiger partial charge on any atom is 0.191 e. The highest BCUT2D eigenvalue weighted by molar-refractivity contribution is 6.31. The topological polar surface area (TPSA) is 61.8 Å². The monoisotopic (exact) mass is 309 g/mol. The van der Waals surface area contributed by atoms with Gasteiger partial charge < -0.3 is 15.7 Å². The van der Waals surface area contributed by atoms with Gasteiger partial charge in [0, 0.05) is 23.7 Å². The third-order valence-corrected chi connectivity index (χ3v) is 4.31. The average molecular weight is 310 g/mol. The van der Waals surface area contributed by atoms with E-state index < -0.39 is 5.60 Å². The van der Waals surface area contributed by atoms with Crippen LogP contribution in [0.2, 0.25) is 5.02 Å². The van der Waals surface area contributed by atoms with E-state index >= 15 is 0 Å². The summed E-state index contributed by atoms with van der Waals surface area (Å²) in [6, 6.07) is 7.28. The normalized spacial score (nSPS) is 23.0. The lowest BCUT2D eigenvalue weighted by Gasteiger charge is -2.32. The molecule has 0 bridgehead atoms. The van der Waals surface area contributed by atoms with Crippen molar-refractivity contribution in [2.45, 2.75) is 32.3 Å². The fourth-order valence-corrected chi connectivity index (χ4v) is 3.05. The van der Waals surface area contributed by atoms with E-state index in [0.29, 0.717) is 22.5 Å². The van der Waals surface area contributed by atoms with Gasteiger partial charge >= 0.3 is 0 Å². The number of hydrogen-bond donors (Lipinski definition) is 2. The first-order valence-electron chi connectivity index (χ1n) is 7.42. The number of hydrogen-bond acceptors (Lipinski definition) is 2. The van der Waals surface area contributed by atoms with E-state index in [9.17, 15) is 5.11 Å². The number of aliphatic hydroxyl groups is 1. The van der Waals surface area contributed by atoms with Gasteiger partial charge in [-0.25, -0.2) is 4.99 Å². The van der Waals surface area contributed by atoms with Crippen LogP contribution in [0.3, 0.4) is 0 Å². The minimum atomic E-state index is -1.12. The van der Waals surface area contributed by atoms with Crippen molar-refractivity contribution in [1.29, 1.82) is 0 Å². The largest absolute Gasteiger partial charge is 0.383 e. The minimum absolute atomic E-state index is 0.202. The molecule has 1 aliphatic heterocycles. The molecule has 4 nitrogen and oxygen atoms in total. The molecule has 1 aromatic carbocycles. The lowest BCUT2D eigenvalue weighted by atomic mass is 9.96. The summed E-state index contributed by atoms with van der Waals surface area (Å²) in [5, 5.41) is 11.1. The predicted octanol–water partition coefficient (Wildman–Crippen LogP) is 2.59. The van der Waals surface area contributed by atoms with Gasteiger partial charge in [0.1, 0.15) is 5.60 Å². The number of nitrogens with zero attached hydrogens (tertiary/aromatic N) is 2. The van der Waals surface area contributed by atoms with Gasteiger partial charge in [0.2, 0.25) is 0 Å². The van der Waals surface area contributed by atoms with Crippen LogP contribution in [0.4, 0.5) is 0 Å². The second-order valence-corrected chi connectivity index (χ2v) is 6.53. The molecule has 0 aromatic heterocycles. The van der Waals surface area contributed by atoms with E-state index in [4.69, 9.17) is 17.3 Å². The Hall–Kier alpha value is -1.26.